The molecule has 0 aromatic heterocycles. The van der Waals surface area contributed by atoms with E-state index < -0.39 is 0 Å². The summed E-state index contributed by atoms with van der Waals surface area (Å²) in [5.74, 6) is 0. The van der Waals surface area contributed by atoms with Crippen LogP contribution in [0.3, 0.4) is 0 Å². The fourth-order valence-electron chi connectivity index (χ4n) is 1.00. The van der Waals surface area contributed by atoms with E-state index >= 15 is 0 Å². The van der Waals surface area contributed by atoms with Gasteiger partial charge in [-0.15, -0.1) is 23.5 Å². The standard InChI is InChI=1S/C11H17NS2/c1-11(2,8-12)14-10-6-4-9(13-3)5-7-10/h4-7H,8,12H2,1-3H3. The summed E-state index contributed by atoms with van der Waals surface area (Å²) in [6.07, 6.45) is 2.09. The Balaban J connectivity index is 2.69. The van der Waals surface area contributed by atoms with E-state index in [4.69, 9.17) is 5.73 Å². The smallest absolute Gasteiger partial charge is 0.0273 e. The molecule has 3 heteroatoms. The summed E-state index contributed by atoms with van der Waals surface area (Å²) in [7, 11) is 0. The quantitative estimate of drug-likeness (QED) is 0.800. The van der Waals surface area contributed by atoms with Crippen molar-refractivity contribution >= 4 is 23.5 Å². The van der Waals surface area contributed by atoms with Crippen molar-refractivity contribution in [2.24, 2.45) is 5.73 Å². The molecule has 14 heavy (non-hydrogen) atoms. The van der Waals surface area contributed by atoms with Crippen molar-refractivity contribution < 1.29 is 0 Å². The van der Waals surface area contributed by atoms with Crippen LogP contribution >= 0.6 is 23.5 Å². The van der Waals surface area contributed by atoms with Gasteiger partial charge in [-0.25, -0.2) is 0 Å². The predicted octanol–water partition coefficient (Wildman–Crippen LogP) is 3.24. The molecule has 0 heterocycles. The molecule has 0 spiro atoms. The van der Waals surface area contributed by atoms with Gasteiger partial charge in [-0.3, -0.25) is 0 Å². The number of thioether (sulfide) groups is 2. The molecular formula is C11H17NS2. The second kappa shape index (κ2) is 5.10. The van der Waals surface area contributed by atoms with Crippen LogP contribution in [0.15, 0.2) is 34.1 Å². The molecule has 1 aromatic rings. The molecule has 1 nitrogen and oxygen atoms in total. The Hall–Kier alpha value is -0.120. The van der Waals surface area contributed by atoms with Crippen LogP contribution in [0.2, 0.25) is 0 Å². The monoisotopic (exact) mass is 227 g/mol. The molecule has 2 N–H and O–H groups in total. The average molecular weight is 227 g/mol. The van der Waals surface area contributed by atoms with Crippen LogP contribution in [0, 0.1) is 0 Å². The lowest BCUT2D eigenvalue weighted by molar-refractivity contribution is 0.723. The molecular weight excluding hydrogens is 210 g/mol. The van der Waals surface area contributed by atoms with Crippen molar-refractivity contribution in [3.8, 4) is 0 Å². The van der Waals surface area contributed by atoms with Gasteiger partial charge in [0.25, 0.3) is 0 Å². The van der Waals surface area contributed by atoms with E-state index in [2.05, 4.69) is 44.4 Å². The summed E-state index contributed by atoms with van der Waals surface area (Å²) in [6, 6.07) is 8.63. The Kier molecular flexibility index (Phi) is 4.35. The van der Waals surface area contributed by atoms with Crippen LogP contribution in [0.4, 0.5) is 0 Å². The molecule has 0 fully saturated rings. The highest BCUT2D eigenvalue weighted by Gasteiger charge is 2.16. The van der Waals surface area contributed by atoms with Crippen molar-refractivity contribution in [1.82, 2.24) is 0 Å². The second-order valence-corrected chi connectivity index (χ2v) is 6.40. The van der Waals surface area contributed by atoms with Crippen LogP contribution < -0.4 is 5.73 Å². The highest BCUT2D eigenvalue weighted by atomic mass is 32.2. The van der Waals surface area contributed by atoms with Crippen molar-refractivity contribution in [3.05, 3.63) is 24.3 Å². The summed E-state index contributed by atoms with van der Waals surface area (Å²) < 4.78 is 0.126. The maximum absolute atomic E-state index is 5.69. The lowest BCUT2D eigenvalue weighted by Gasteiger charge is -2.21. The second-order valence-electron chi connectivity index (χ2n) is 3.74. The largest absolute Gasteiger partial charge is 0.329 e. The molecule has 1 rings (SSSR count). The molecule has 0 atom stereocenters. The van der Waals surface area contributed by atoms with Crippen molar-refractivity contribution in [3.63, 3.8) is 0 Å². The van der Waals surface area contributed by atoms with Gasteiger partial charge >= 0.3 is 0 Å². The Labute approximate surface area is 94.8 Å². The third-order valence-electron chi connectivity index (χ3n) is 1.95. The van der Waals surface area contributed by atoms with E-state index in [9.17, 15) is 0 Å². The first-order valence-electron chi connectivity index (χ1n) is 4.60. The van der Waals surface area contributed by atoms with Gasteiger partial charge in [0.2, 0.25) is 0 Å². The van der Waals surface area contributed by atoms with E-state index in [1.54, 1.807) is 11.8 Å². The topological polar surface area (TPSA) is 26.0 Å². The molecule has 0 saturated carbocycles. The third kappa shape index (κ3) is 3.56. The van der Waals surface area contributed by atoms with Crippen LogP contribution in [-0.2, 0) is 0 Å². The maximum atomic E-state index is 5.69. The number of benzene rings is 1. The number of hydrogen-bond acceptors (Lipinski definition) is 3. The molecule has 1 aromatic carbocycles. The normalized spacial score (nSPS) is 11.7. The summed E-state index contributed by atoms with van der Waals surface area (Å²) in [5.41, 5.74) is 5.69. The molecule has 78 valence electrons. The summed E-state index contributed by atoms with van der Waals surface area (Å²) in [5, 5.41) is 0. The number of nitrogens with two attached hydrogens (primary N) is 1. The Morgan fingerprint density at radius 3 is 2.07 bits per heavy atom. The highest BCUT2D eigenvalue weighted by Crippen LogP contribution is 2.32. The SMILES string of the molecule is CSc1ccc(SC(C)(C)CN)cc1. The predicted molar refractivity (Wildman–Crippen MR) is 67.2 cm³/mol. The molecule has 0 bridgehead atoms. The van der Waals surface area contributed by atoms with Crippen molar-refractivity contribution in [2.75, 3.05) is 12.8 Å². The van der Waals surface area contributed by atoms with Gasteiger partial charge in [0.1, 0.15) is 0 Å². The van der Waals surface area contributed by atoms with E-state index in [0.717, 1.165) is 0 Å². The van der Waals surface area contributed by atoms with Gasteiger partial charge in [0.05, 0.1) is 0 Å². The fraction of sp³-hybridized carbons (Fsp3) is 0.455. The molecule has 0 unspecified atom stereocenters. The van der Waals surface area contributed by atoms with Crippen molar-refractivity contribution in [2.45, 2.75) is 28.4 Å². The van der Waals surface area contributed by atoms with E-state index in [0.29, 0.717) is 6.54 Å². The molecule has 0 aliphatic heterocycles. The summed E-state index contributed by atoms with van der Waals surface area (Å²) in [6.45, 7) is 5.03. The fourth-order valence-corrected chi connectivity index (χ4v) is 2.41. The van der Waals surface area contributed by atoms with E-state index in [-0.39, 0.29) is 4.75 Å². The lowest BCUT2D eigenvalue weighted by Crippen LogP contribution is -2.26. The first-order valence-corrected chi connectivity index (χ1v) is 6.65. The minimum absolute atomic E-state index is 0.126. The van der Waals surface area contributed by atoms with Gasteiger partial charge in [-0.05, 0) is 44.4 Å². The molecule has 0 radical (unpaired) electrons. The molecule has 0 aliphatic rings. The summed E-state index contributed by atoms with van der Waals surface area (Å²) in [4.78, 5) is 2.60. The third-order valence-corrected chi connectivity index (χ3v) is 3.92. The van der Waals surface area contributed by atoms with Crippen LogP contribution in [0.1, 0.15) is 13.8 Å². The lowest BCUT2D eigenvalue weighted by atomic mass is 10.2. The molecule has 0 aliphatic carbocycles. The van der Waals surface area contributed by atoms with Gasteiger partial charge < -0.3 is 5.73 Å². The summed E-state index contributed by atoms with van der Waals surface area (Å²) >= 11 is 3.60. The molecule has 0 amide bonds. The van der Waals surface area contributed by atoms with Crippen LogP contribution in [0.5, 0.6) is 0 Å². The van der Waals surface area contributed by atoms with Gasteiger partial charge in [0.15, 0.2) is 0 Å². The number of rotatable bonds is 4. The minimum Gasteiger partial charge on any atom is -0.329 e. The van der Waals surface area contributed by atoms with Gasteiger partial charge in [-0.2, -0.15) is 0 Å². The Morgan fingerprint density at radius 1 is 1.14 bits per heavy atom. The van der Waals surface area contributed by atoms with E-state index in [1.165, 1.54) is 9.79 Å². The van der Waals surface area contributed by atoms with Crippen LogP contribution in [0.25, 0.3) is 0 Å². The Bertz CT molecular complexity index is 280. The molecule has 0 saturated heterocycles. The zero-order valence-electron chi connectivity index (χ0n) is 8.91. The first kappa shape index (κ1) is 12.0. The van der Waals surface area contributed by atoms with E-state index in [1.807, 2.05) is 11.8 Å². The van der Waals surface area contributed by atoms with Crippen LogP contribution in [-0.4, -0.2) is 17.5 Å². The van der Waals surface area contributed by atoms with Gasteiger partial charge in [0, 0.05) is 21.1 Å². The maximum Gasteiger partial charge on any atom is 0.0273 e. The van der Waals surface area contributed by atoms with Crippen molar-refractivity contribution in [1.29, 1.82) is 0 Å². The Morgan fingerprint density at radius 2 is 1.64 bits per heavy atom. The highest BCUT2D eigenvalue weighted by molar-refractivity contribution is 8.00. The van der Waals surface area contributed by atoms with Gasteiger partial charge in [-0.1, -0.05) is 0 Å². The zero-order valence-corrected chi connectivity index (χ0v) is 10.5. The minimum atomic E-state index is 0.126. The number of hydrogen-bond donors (Lipinski definition) is 1. The first-order chi connectivity index (χ1) is 6.57. The average Bonchev–Trinajstić information content (AvgIpc) is 2.19. The zero-order chi connectivity index (χ0) is 10.6.